The van der Waals surface area contributed by atoms with E-state index in [0.717, 1.165) is 17.8 Å². The van der Waals surface area contributed by atoms with Crippen LogP contribution in [0.4, 0.5) is 0 Å². The maximum atomic E-state index is 2.44. The van der Waals surface area contributed by atoms with Gasteiger partial charge in [0, 0.05) is 0 Å². The lowest BCUT2D eigenvalue weighted by atomic mass is 9.76. The average molecular weight is 267 g/mol. The molecule has 0 aromatic rings. The van der Waals surface area contributed by atoms with Gasteiger partial charge in [-0.3, -0.25) is 0 Å². The number of hydrogen-bond donors (Lipinski definition) is 0. The molecule has 2 fully saturated rings. The summed E-state index contributed by atoms with van der Waals surface area (Å²) in [5, 5.41) is 0. The molecule has 2 aliphatic rings. The zero-order chi connectivity index (χ0) is 12.6. The third kappa shape index (κ3) is 6.82. The van der Waals surface area contributed by atoms with E-state index in [1.807, 2.05) is 0 Å². The van der Waals surface area contributed by atoms with E-state index in [1.165, 1.54) is 70.6 Å². The summed E-state index contributed by atoms with van der Waals surface area (Å²) >= 11 is 0. The van der Waals surface area contributed by atoms with Gasteiger partial charge in [0.25, 0.3) is 0 Å². The second kappa shape index (κ2) is 9.83. The van der Waals surface area contributed by atoms with Gasteiger partial charge in [0.15, 0.2) is 0 Å². The first-order valence-corrected chi connectivity index (χ1v) is 8.84. The summed E-state index contributed by atoms with van der Waals surface area (Å²) in [6, 6.07) is 0. The first-order chi connectivity index (χ1) is 8.84. The minimum absolute atomic E-state index is 0. The molecule has 114 valence electrons. The second-order valence-electron chi connectivity index (χ2n) is 7.28. The highest BCUT2D eigenvalue weighted by Gasteiger charge is 2.21. The zero-order valence-electron chi connectivity index (χ0n) is 12.6. The van der Waals surface area contributed by atoms with Crippen molar-refractivity contribution >= 4 is 0 Å². The van der Waals surface area contributed by atoms with Crippen LogP contribution in [-0.2, 0) is 0 Å². The summed E-state index contributed by atoms with van der Waals surface area (Å²) in [5.41, 5.74) is 0. The molecule has 0 heteroatoms. The first kappa shape index (κ1) is 17.1. The van der Waals surface area contributed by atoms with E-state index in [2.05, 4.69) is 6.92 Å². The highest BCUT2D eigenvalue weighted by molar-refractivity contribution is 4.74. The molecule has 0 atom stereocenters. The molecule has 0 N–H and O–H groups in total. The highest BCUT2D eigenvalue weighted by atomic mass is 14.3. The molecule has 0 spiro atoms. The Labute approximate surface area is 122 Å². The number of rotatable bonds is 2. The molecule has 0 aliphatic heterocycles. The summed E-state index contributed by atoms with van der Waals surface area (Å²) < 4.78 is 0. The fourth-order valence-electron chi connectivity index (χ4n) is 4.17. The Morgan fingerprint density at radius 3 is 1.53 bits per heavy atom. The Hall–Kier alpha value is 0. The maximum absolute atomic E-state index is 2.44. The van der Waals surface area contributed by atoms with Crippen molar-refractivity contribution in [2.45, 2.75) is 104 Å². The Kier molecular flexibility index (Phi) is 8.83. The predicted octanol–water partition coefficient (Wildman–Crippen LogP) is 6.98. The summed E-state index contributed by atoms with van der Waals surface area (Å²) in [4.78, 5) is 0. The topological polar surface area (TPSA) is 0 Å². The van der Waals surface area contributed by atoms with Crippen LogP contribution in [0, 0.1) is 17.8 Å². The van der Waals surface area contributed by atoms with Crippen LogP contribution in [-0.4, -0.2) is 0 Å². The van der Waals surface area contributed by atoms with Crippen molar-refractivity contribution in [3.05, 3.63) is 0 Å². The average Bonchev–Trinajstić information content (AvgIpc) is 2.40. The number of hydrogen-bond acceptors (Lipinski definition) is 0. The lowest BCUT2D eigenvalue weighted by molar-refractivity contribution is 0.228. The monoisotopic (exact) mass is 266 g/mol. The van der Waals surface area contributed by atoms with E-state index in [-0.39, 0.29) is 7.43 Å². The molecule has 0 nitrogen and oxygen atoms in total. The molecule has 0 heterocycles. The van der Waals surface area contributed by atoms with E-state index >= 15 is 0 Å². The SMILES string of the molecule is C.CC1CCC(CC2CCCCCCCCC2)CC1. The zero-order valence-corrected chi connectivity index (χ0v) is 12.6. The molecule has 2 saturated carbocycles. The molecular formula is C19H38. The Balaban J connectivity index is 0.00000180. The molecule has 0 radical (unpaired) electrons. The van der Waals surface area contributed by atoms with Crippen LogP contribution < -0.4 is 0 Å². The van der Waals surface area contributed by atoms with E-state index in [1.54, 1.807) is 19.3 Å². The minimum atomic E-state index is 0. The van der Waals surface area contributed by atoms with Gasteiger partial charge in [-0.25, -0.2) is 0 Å². The van der Waals surface area contributed by atoms with Crippen LogP contribution in [0.25, 0.3) is 0 Å². The van der Waals surface area contributed by atoms with Gasteiger partial charge in [0.05, 0.1) is 0 Å². The van der Waals surface area contributed by atoms with Gasteiger partial charge in [-0.1, -0.05) is 97.8 Å². The minimum Gasteiger partial charge on any atom is -0.0776 e. The molecule has 0 saturated heterocycles. The molecule has 0 aromatic heterocycles. The Morgan fingerprint density at radius 2 is 1.00 bits per heavy atom. The molecule has 0 aromatic carbocycles. The van der Waals surface area contributed by atoms with Gasteiger partial charge in [-0.05, 0) is 24.2 Å². The van der Waals surface area contributed by atoms with Crippen molar-refractivity contribution in [3.63, 3.8) is 0 Å². The van der Waals surface area contributed by atoms with Crippen molar-refractivity contribution in [2.75, 3.05) is 0 Å². The van der Waals surface area contributed by atoms with Gasteiger partial charge in [0.1, 0.15) is 0 Å². The third-order valence-electron chi connectivity index (χ3n) is 5.53. The third-order valence-corrected chi connectivity index (χ3v) is 5.53. The van der Waals surface area contributed by atoms with Gasteiger partial charge >= 0.3 is 0 Å². The van der Waals surface area contributed by atoms with Crippen molar-refractivity contribution in [3.8, 4) is 0 Å². The van der Waals surface area contributed by atoms with Gasteiger partial charge < -0.3 is 0 Å². The van der Waals surface area contributed by atoms with Crippen molar-refractivity contribution in [1.29, 1.82) is 0 Å². The fraction of sp³-hybridized carbons (Fsp3) is 1.00. The molecule has 2 aliphatic carbocycles. The smallest absolute Gasteiger partial charge is 0.0411 e. The van der Waals surface area contributed by atoms with E-state index in [9.17, 15) is 0 Å². The van der Waals surface area contributed by atoms with Crippen molar-refractivity contribution < 1.29 is 0 Å². The van der Waals surface area contributed by atoms with Gasteiger partial charge in [0.2, 0.25) is 0 Å². The predicted molar refractivity (Wildman–Crippen MR) is 87.5 cm³/mol. The van der Waals surface area contributed by atoms with Crippen LogP contribution in [0.1, 0.15) is 104 Å². The van der Waals surface area contributed by atoms with Crippen LogP contribution in [0.2, 0.25) is 0 Å². The second-order valence-corrected chi connectivity index (χ2v) is 7.28. The fourth-order valence-corrected chi connectivity index (χ4v) is 4.17. The van der Waals surface area contributed by atoms with Crippen LogP contribution in [0.3, 0.4) is 0 Å². The quantitative estimate of drug-likeness (QED) is 0.505. The van der Waals surface area contributed by atoms with E-state index < -0.39 is 0 Å². The van der Waals surface area contributed by atoms with Crippen molar-refractivity contribution in [1.82, 2.24) is 0 Å². The molecule has 0 amide bonds. The Bertz CT molecular complexity index is 190. The first-order valence-electron chi connectivity index (χ1n) is 8.84. The Morgan fingerprint density at radius 1 is 0.579 bits per heavy atom. The summed E-state index contributed by atoms with van der Waals surface area (Å²) in [6.07, 6.45) is 21.4. The van der Waals surface area contributed by atoms with E-state index in [4.69, 9.17) is 0 Å². The highest BCUT2D eigenvalue weighted by Crippen LogP contribution is 2.35. The maximum Gasteiger partial charge on any atom is -0.0411 e. The molecular weight excluding hydrogens is 228 g/mol. The van der Waals surface area contributed by atoms with Crippen molar-refractivity contribution in [2.24, 2.45) is 17.8 Å². The summed E-state index contributed by atoms with van der Waals surface area (Å²) in [7, 11) is 0. The van der Waals surface area contributed by atoms with E-state index in [0.29, 0.717) is 0 Å². The molecule has 19 heavy (non-hydrogen) atoms. The van der Waals surface area contributed by atoms with Crippen LogP contribution in [0.5, 0.6) is 0 Å². The molecule has 0 bridgehead atoms. The lowest BCUT2D eigenvalue weighted by Crippen LogP contribution is -2.16. The molecule has 0 unspecified atom stereocenters. The standard InChI is InChI=1S/C18H34.CH4/c1-16-11-13-18(14-12-16)15-17-9-7-5-3-2-4-6-8-10-17;/h16-18H,2-15H2,1H3;1H4. The van der Waals surface area contributed by atoms with Gasteiger partial charge in [-0.15, -0.1) is 0 Å². The summed E-state index contributed by atoms with van der Waals surface area (Å²) in [5.74, 6) is 3.20. The van der Waals surface area contributed by atoms with Gasteiger partial charge in [-0.2, -0.15) is 0 Å². The molecule has 2 rings (SSSR count). The largest absolute Gasteiger partial charge is 0.0776 e. The normalized spacial score (nSPS) is 31.4. The van der Waals surface area contributed by atoms with Crippen LogP contribution >= 0.6 is 0 Å². The lowest BCUT2D eigenvalue weighted by Gasteiger charge is -2.29. The summed E-state index contributed by atoms with van der Waals surface area (Å²) in [6.45, 7) is 2.44. The van der Waals surface area contributed by atoms with Crippen LogP contribution in [0.15, 0.2) is 0 Å².